The molecule has 0 saturated carbocycles. The highest BCUT2D eigenvalue weighted by Crippen LogP contribution is 2.12. The summed E-state index contributed by atoms with van der Waals surface area (Å²) in [5.41, 5.74) is 0.227. The summed E-state index contributed by atoms with van der Waals surface area (Å²) in [7, 11) is 0. The number of aliphatic hydroxyl groups is 1. The van der Waals surface area contributed by atoms with Gasteiger partial charge in [-0.05, 0) is 6.92 Å². The van der Waals surface area contributed by atoms with Gasteiger partial charge in [0, 0.05) is 6.42 Å². The first-order valence-corrected chi connectivity index (χ1v) is 3.18. The number of hydrogen-bond acceptors (Lipinski definition) is 4. The van der Waals surface area contributed by atoms with E-state index >= 15 is 0 Å². The van der Waals surface area contributed by atoms with Gasteiger partial charge in [0.1, 0.15) is 5.69 Å². The first kappa shape index (κ1) is 7.87. The predicted molar refractivity (Wildman–Crippen MR) is 36.4 cm³/mol. The number of nitrogens with one attached hydrogen (secondary N) is 1. The second-order valence-electron chi connectivity index (χ2n) is 2.35. The quantitative estimate of drug-likeness (QED) is 0.547. The summed E-state index contributed by atoms with van der Waals surface area (Å²) in [6, 6.07) is 0. The SMILES string of the molecule is CC(O)Cc1[nH]c(=O)oc1O. The molecular weight excluding hydrogens is 150 g/mol. The standard InChI is InChI=1S/C6H9NO4/c1-3(8)2-4-5(9)11-6(10)7-4/h3,8-9H,2H2,1H3,(H,7,10). The van der Waals surface area contributed by atoms with Gasteiger partial charge >= 0.3 is 11.7 Å². The summed E-state index contributed by atoms with van der Waals surface area (Å²) in [5.74, 6) is -1.16. The first-order valence-electron chi connectivity index (χ1n) is 3.18. The molecule has 62 valence electrons. The van der Waals surface area contributed by atoms with E-state index in [4.69, 9.17) is 10.2 Å². The van der Waals surface area contributed by atoms with Crippen molar-refractivity contribution in [3.05, 3.63) is 16.2 Å². The van der Waals surface area contributed by atoms with Crippen LogP contribution in [-0.4, -0.2) is 21.3 Å². The Bertz CT molecular complexity index is 285. The van der Waals surface area contributed by atoms with Crippen molar-refractivity contribution in [2.75, 3.05) is 0 Å². The van der Waals surface area contributed by atoms with Crippen molar-refractivity contribution in [3.8, 4) is 5.95 Å². The summed E-state index contributed by atoms with van der Waals surface area (Å²) in [6.07, 6.45) is -0.438. The Morgan fingerprint density at radius 3 is 2.73 bits per heavy atom. The minimum atomic E-state index is -0.710. The van der Waals surface area contributed by atoms with Crippen LogP contribution in [0.5, 0.6) is 5.95 Å². The van der Waals surface area contributed by atoms with Gasteiger partial charge < -0.3 is 14.6 Å². The van der Waals surface area contributed by atoms with E-state index in [9.17, 15) is 4.79 Å². The van der Waals surface area contributed by atoms with E-state index < -0.39 is 17.8 Å². The fraction of sp³-hybridized carbons (Fsp3) is 0.500. The maximum Gasteiger partial charge on any atom is 0.419 e. The van der Waals surface area contributed by atoms with Gasteiger partial charge in [0.15, 0.2) is 0 Å². The van der Waals surface area contributed by atoms with Crippen LogP contribution in [0.4, 0.5) is 0 Å². The van der Waals surface area contributed by atoms with Crippen molar-refractivity contribution in [1.82, 2.24) is 4.98 Å². The summed E-state index contributed by atoms with van der Waals surface area (Å²) in [4.78, 5) is 12.7. The highest BCUT2D eigenvalue weighted by molar-refractivity contribution is 5.12. The first-order chi connectivity index (χ1) is 5.09. The molecule has 0 radical (unpaired) electrons. The second-order valence-corrected chi connectivity index (χ2v) is 2.35. The number of aromatic amines is 1. The maximum atomic E-state index is 10.4. The maximum absolute atomic E-state index is 10.4. The van der Waals surface area contributed by atoms with Gasteiger partial charge in [-0.1, -0.05) is 0 Å². The van der Waals surface area contributed by atoms with Crippen LogP contribution in [0.1, 0.15) is 12.6 Å². The fourth-order valence-corrected chi connectivity index (χ4v) is 0.785. The minimum Gasteiger partial charge on any atom is -0.479 e. The average molecular weight is 159 g/mol. The van der Waals surface area contributed by atoms with Gasteiger partial charge in [0.2, 0.25) is 0 Å². The molecule has 0 spiro atoms. The predicted octanol–water partition coefficient (Wildman–Crippen LogP) is -0.403. The van der Waals surface area contributed by atoms with Crippen LogP contribution in [-0.2, 0) is 6.42 Å². The summed E-state index contributed by atoms with van der Waals surface area (Å²) in [5, 5.41) is 17.7. The lowest BCUT2D eigenvalue weighted by Crippen LogP contribution is -2.06. The number of hydrogen-bond donors (Lipinski definition) is 3. The molecule has 5 heteroatoms. The molecule has 0 aliphatic rings. The summed E-state index contributed by atoms with van der Waals surface area (Å²) in [6.45, 7) is 1.55. The third-order valence-corrected chi connectivity index (χ3v) is 1.20. The van der Waals surface area contributed by atoms with Crippen molar-refractivity contribution in [2.45, 2.75) is 19.4 Å². The molecule has 11 heavy (non-hydrogen) atoms. The molecule has 0 saturated heterocycles. The Morgan fingerprint density at radius 1 is 1.73 bits per heavy atom. The molecule has 1 unspecified atom stereocenters. The summed E-state index contributed by atoms with van der Waals surface area (Å²) < 4.78 is 4.25. The monoisotopic (exact) mass is 159 g/mol. The molecule has 1 aromatic heterocycles. The molecule has 1 aromatic rings. The number of aromatic hydroxyl groups is 1. The van der Waals surface area contributed by atoms with Crippen LogP contribution in [0, 0.1) is 0 Å². The Kier molecular flexibility index (Phi) is 2.00. The molecule has 5 nitrogen and oxygen atoms in total. The molecule has 1 atom stereocenters. The number of aliphatic hydroxyl groups excluding tert-OH is 1. The van der Waals surface area contributed by atoms with Crippen LogP contribution < -0.4 is 5.76 Å². The highest BCUT2D eigenvalue weighted by atomic mass is 16.5. The normalized spacial score (nSPS) is 13.3. The van der Waals surface area contributed by atoms with Crippen LogP contribution in [0.2, 0.25) is 0 Å². The van der Waals surface area contributed by atoms with E-state index in [-0.39, 0.29) is 12.1 Å². The number of oxazole rings is 1. The minimum absolute atomic E-state index is 0.178. The van der Waals surface area contributed by atoms with Gasteiger partial charge in [0.25, 0.3) is 0 Å². The van der Waals surface area contributed by atoms with Crippen molar-refractivity contribution < 1.29 is 14.6 Å². The van der Waals surface area contributed by atoms with Crippen molar-refractivity contribution in [2.24, 2.45) is 0 Å². The van der Waals surface area contributed by atoms with Gasteiger partial charge in [-0.2, -0.15) is 0 Å². The summed E-state index contributed by atoms with van der Waals surface area (Å²) >= 11 is 0. The lowest BCUT2D eigenvalue weighted by Gasteiger charge is -1.98. The van der Waals surface area contributed by atoms with Crippen molar-refractivity contribution >= 4 is 0 Å². The Labute approximate surface area is 62.3 Å². The third-order valence-electron chi connectivity index (χ3n) is 1.20. The molecule has 0 bridgehead atoms. The van der Waals surface area contributed by atoms with Crippen molar-refractivity contribution in [3.63, 3.8) is 0 Å². The molecule has 3 N–H and O–H groups in total. The van der Waals surface area contributed by atoms with Crippen LogP contribution >= 0.6 is 0 Å². The van der Waals surface area contributed by atoms with E-state index in [1.807, 2.05) is 0 Å². The van der Waals surface area contributed by atoms with E-state index in [1.165, 1.54) is 0 Å². The molecular formula is C6H9NO4. The average Bonchev–Trinajstić information content (AvgIpc) is 2.09. The van der Waals surface area contributed by atoms with Crippen molar-refractivity contribution in [1.29, 1.82) is 0 Å². The fourth-order valence-electron chi connectivity index (χ4n) is 0.785. The number of rotatable bonds is 2. The Morgan fingerprint density at radius 2 is 2.36 bits per heavy atom. The van der Waals surface area contributed by atoms with E-state index in [0.717, 1.165) is 0 Å². The molecule has 1 rings (SSSR count). The zero-order valence-electron chi connectivity index (χ0n) is 6.00. The lowest BCUT2D eigenvalue weighted by atomic mass is 10.2. The van der Waals surface area contributed by atoms with E-state index in [2.05, 4.69) is 9.40 Å². The smallest absolute Gasteiger partial charge is 0.419 e. The van der Waals surface area contributed by atoms with E-state index in [1.54, 1.807) is 6.92 Å². The molecule has 0 aliphatic carbocycles. The lowest BCUT2D eigenvalue weighted by molar-refractivity contribution is 0.191. The van der Waals surface area contributed by atoms with Crippen LogP contribution in [0.15, 0.2) is 9.21 Å². The zero-order valence-corrected chi connectivity index (χ0v) is 6.00. The molecule has 0 fully saturated rings. The van der Waals surface area contributed by atoms with Crippen LogP contribution in [0.3, 0.4) is 0 Å². The number of aromatic nitrogens is 1. The highest BCUT2D eigenvalue weighted by Gasteiger charge is 2.09. The van der Waals surface area contributed by atoms with Gasteiger partial charge in [-0.25, -0.2) is 4.79 Å². The largest absolute Gasteiger partial charge is 0.479 e. The molecule has 1 heterocycles. The second kappa shape index (κ2) is 2.79. The van der Waals surface area contributed by atoms with Crippen LogP contribution in [0.25, 0.3) is 0 Å². The van der Waals surface area contributed by atoms with Gasteiger partial charge in [0.05, 0.1) is 6.10 Å². The molecule has 0 aliphatic heterocycles. The molecule has 0 aromatic carbocycles. The number of H-pyrrole nitrogens is 1. The Balaban J connectivity index is 2.86. The van der Waals surface area contributed by atoms with E-state index in [0.29, 0.717) is 0 Å². The zero-order chi connectivity index (χ0) is 8.43. The van der Waals surface area contributed by atoms with Gasteiger partial charge in [-0.3, -0.25) is 4.98 Å². The molecule has 0 amide bonds. The van der Waals surface area contributed by atoms with Gasteiger partial charge in [-0.15, -0.1) is 0 Å². The Hall–Kier alpha value is -1.23. The third kappa shape index (κ3) is 1.84. The topological polar surface area (TPSA) is 86.5 Å².